The molecule has 0 spiro atoms. The number of hydrogen-bond acceptors (Lipinski definition) is 2. The largest absolute Gasteiger partial charge is 0.381 e. The first-order valence-electron chi connectivity index (χ1n) is 6.73. The van der Waals surface area contributed by atoms with Crippen LogP contribution in [-0.4, -0.2) is 13.2 Å². The fraction of sp³-hybridized carbons (Fsp3) is 0.600. The molecule has 0 aromatic heterocycles. The summed E-state index contributed by atoms with van der Waals surface area (Å²) < 4.78 is 5.51. The van der Waals surface area contributed by atoms with E-state index in [1.165, 1.54) is 24.0 Å². The Kier molecular flexibility index (Phi) is 4.57. The van der Waals surface area contributed by atoms with Crippen molar-refractivity contribution >= 4 is 0 Å². The lowest BCUT2D eigenvalue weighted by Crippen LogP contribution is -2.28. The Bertz CT molecular complexity index is 327. The number of rotatable bonds is 4. The second-order valence-electron chi connectivity index (χ2n) is 4.99. The maximum absolute atomic E-state index is 6.31. The van der Waals surface area contributed by atoms with Gasteiger partial charge in [0.25, 0.3) is 0 Å². The van der Waals surface area contributed by atoms with Gasteiger partial charge in [-0.25, -0.2) is 0 Å². The van der Waals surface area contributed by atoms with Crippen LogP contribution < -0.4 is 5.73 Å². The van der Waals surface area contributed by atoms with Gasteiger partial charge < -0.3 is 10.5 Å². The molecule has 94 valence electrons. The van der Waals surface area contributed by atoms with Crippen LogP contribution in [0.2, 0.25) is 0 Å². The zero-order valence-corrected chi connectivity index (χ0v) is 10.7. The maximum Gasteiger partial charge on any atom is 0.0512 e. The van der Waals surface area contributed by atoms with Crippen LogP contribution in [0.25, 0.3) is 0 Å². The SMILES string of the molecule is CCCc1ccc(C(N)C2CCCOC2)cc1. The van der Waals surface area contributed by atoms with Gasteiger partial charge in [-0.2, -0.15) is 0 Å². The van der Waals surface area contributed by atoms with Crippen molar-refractivity contribution in [2.45, 2.75) is 38.6 Å². The highest BCUT2D eigenvalue weighted by Gasteiger charge is 2.22. The molecule has 2 N–H and O–H groups in total. The molecule has 1 heterocycles. The zero-order chi connectivity index (χ0) is 12.1. The lowest BCUT2D eigenvalue weighted by Gasteiger charge is -2.27. The standard InChI is InChI=1S/C15H23NO/c1-2-4-12-6-8-13(9-7-12)15(16)14-5-3-10-17-11-14/h6-9,14-15H,2-5,10-11,16H2,1H3. The Labute approximate surface area is 104 Å². The van der Waals surface area contributed by atoms with Gasteiger partial charge in [0.2, 0.25) is 0 Å². The van der Waals surface area contributed by atoms with Gasteiger partial charge in [0.05, 0.1) is 6.61 Å². The van der Waals surface area contributed by atoms with E-state index < -0.39 is 0 Å². The van der Waals surface area contributed by atoms with Gasteiger partial charge in [0.15, 0.2) is 0 Å². The molecule has 17 heavy (non-hydrogen) atoms. The van der Waals surface area contributed by atoms with E-state index >= 15 is 0 Å². The Morgan fingerprint density at radius 2 is 2.12 bits per heavy atom. The minimum atomic E-state index is 0.131. The molecular weight excluding hydrogens is 210 g/mol. The number of benzene rings is 1. The first kappa shape index (κ1) is 12.6. The molecule has 2 nitrogen and oxygen atoms in total. The summed E-state index contributed by atoms with van der Waals surface area (Å²) in [6.07, 6.45) is 4.69. The van der Waals surface area contributed by atoms with E-state index in [0.717, 1.165) is 26.1 Å². The molecule has 2 heteroatoms. The van der Waals surface area contributed by atoms with Crippen LogP contribution in [0.5, 0.6) is 0 Å². The molecule has 1 aliphatic rings. The smallest absolute Gasteiger partial charge is 0.0512 e. The third-order valence-corrected chi connectivity index (χ3v) is 3.61. The van der Waals surface area contributed by atoms with Gasteiger partial charge >= 0.3 is 0 Å². The van der Waals surface area contributed by atoms with E-state index in [1.807, 2.05) is 0 Å². The third kappa shape index (κ3) is 3.30. The number of nitrogens with two attached hydrogens (primary N) is 1. The molecule has 2 unspecified atom stereocenters. The minimum absolute atomic E-state index is 0.131. The number of ether oxygens (including phenoxy) is 1. The molecule has 0 aliphatic carbocycles. The van der Waals surface area contributed by atoms with Gasteiger partial charge in [-0.15, -0.1) is 0 Å². The van der Waals surface area contributed by atoms with Gasteiger partial charge in [-0.1, -0.05) is 37.6 Å². The van der Waals surface area contributed by atoms with Crippen molar-refractivity contribution in [1.82, 2.24) is 0 Å². The van der Waals surface area contributed by atoms with Gasteiger partial charge in [0.1, 0.15) is 0 Å². The molecule has 1 fully saturated rings. The van der Waals surface area contributed by atoms with Crippen molar-refractivity contribution in [3.8, 4) is 0 Å². The topological polar surface area (TPSA) is 35.2 Å². The van der Waals surface area contributed by atoms with Crippen LogP contribution in [0.1, 0.15) is 43.4 Å². The fourth-order valence-corrected chi connectivity index (χ4v) is 2.52. The second kappa shape index (κ2) is 6.18. The summed E-state index contributed by atoms with van der Waals surface area (Å²) in [5.41, 5.74) is 8.97. The Hall–Kier alpha value is -0.860. The van der Waals surface area contributed by atoms with Crippen molar-refractivity contribution in [2.75, 3.05) is 13.2 Å². The number of hydrogen-bond donors (Lipinski definition) is 1. The van der Waals surface area contributed by atoms with E-state index in [1.54, 1.807) is 0 Å². The average Bonchev–Trinajstić information content (AvgIpc) is 2.40. The van der Waals surface area contributed by atoms with Crippen molar-refractivity contribution in [3.05, 3.63) is 35.4 Å². The minimum Gasteiger partial charge on any atom is -0.381 e. The van der Waals surface area contributed by atoms with Gasteiger partial charge in [-0.3, -0.25) is 0 Å². The molecule has 1 aromatic carbocycles. The molecule has 0 radical (unpaired) electrons. The van der Waals surface area contributed by atoms with Crippen molar-refractivity contribution < 1.29 is 4.74 Å². The zero-order valence-electron chi connectivity index (χ0n) is 10.7. The highest BCUT2D eigenvalue weighted by atomic mass is 16.5. The highest BCUT2D eigenvalue weighted by molar-refractivity contribution is 5.25. The molecule has 2 atom stereocenters. The monoisotopic (exact) mass is 233 g/mol. The molecule has 0 saturated carbocycles. The maximum atomic E-state index is 6.31. The lowest BCUT2D eigenvalue weighted by atomic mass is 9.89. The van der Waals surface area contributed by atoms with Crippen LogP contribution in [0, 0.1) is 5.92 Å². The molecule has 1 saturated heterocycles. The van der Waals surface area contributed by atoms with Gasteiger partial charge in [-0.05, 0) is 30.4 Å². The van der Waals surface area contributed by atoms with E-state index in [-0.39, 0.29) is 6.04 Å². The van der Waals surface area contributed by atoms with Gasteiger partial charge in [0, 0.05) is 18.6 Å². The van der Waals surface area contributed by atoms with Crippen LogP contribution in [0.15, 0.2) is 24.3 Å². The average molecular weight is 233 g/mol. The summed E-state index contributed by atoms with van der Waals surface area (Å²) in [5, 5.41) is 0. The van der Waals surface area contributed by atoms with Crippen molar-refractivity contribution in [2.24, 2.45) is 11.7 Å². The quantitative estimate of drug-likeness (QED) is 0.867. The molecule has 0 bridgehead atoms. The summed E-state index contributed by atoms with van der Waals surface area (Å²) in [4.78, 5) is 0. The fourth-order valence-electron chi connectivity index (χ4n) is 2.52. The molecular formula is C15H23NO. The normalized spacial score (nSPS) is 22.4. The highest BCUT2D eigenvalue weighted by Crippen LogP contribution is 2.26. The molecule has 0 amide bonds. The van der Waals surface area contributed by atoms with Crippen LogP contribution >= 0.6 is 0 Å². The summed E-state index contributed by atoms with van der Waals surface area (Å²) in [6.45, 7) is 3.93. The Morgan fingerprint density at radius 3 is 2.71 bits per heavy atom. The van der Waals surface area contributed by atoms with Crippen molar-refractivity contribution in [3.63, 3.8) is 0 Å². The summed E-state index contributed by atoms with van der Waals surface area (Å²) in [6, 6.07) is 8.92. The number of aryl methyl sites for hydroxylation is 1. The lowest BCUT2D eigenvalue weighted by molar-refractivity contribution is 0.0448. The summed E-state index contributed by atoms with van der Waals surface area (Å²) in [5.74, 6) is 0.487. The second-order valence-corrected chi connectivity index (χ2v) is 4.99. The van der Waals surface area contributed by atoms with Crippen LogP contribution in [0.3, 0.4) is 0 Å². The molecule has 1 aromatic rings. The Morgan fingerprint density at radius 1 is 1.35 bits per heavy atom. The van der Waals surface area contributed by atoms with E-state index in [9.17, 15) is 0 Å². The molecule has 2 rings (SSSR count). The predicted molar refractivity (Wildman–Crippen MR) is 70.9 cm³/mol. The predicted octanol–water partition coefficient (Wildman–Crippen LogP) is 3.07. The van der Waals surface area contributed by atoms with E-state index in [2.05, 4.69) is 31.2 Å². The summed E-state index contributed by atoms with van der Waals surface area (Å²) in [7, 11) is 0. The van der Waals surface area contributed by atoms with Crippen LogP contribution in [-0.2, 0) is 11.2 Å². The van der Waals surface area contributed by atoms with E-state index in [4.69, 9.17) is 10.5 Å². The molecule has 1 aliphatic heterocycles. The summed E-state index contributed by atoms with van der Waals surface area (Å²) >= 11 is 0. The van der Waals surface area contributed by atoms with E-state index in [0.29, 0.717) is 5.92 Å². The third-order valence-electron chi connectivity index (χ3n) is 3.61. The van der Waals surface area contributed by atoms with Crippen molar-refractivity contribution in [1.29, 1.82) is 0 Å². The van der Waals surface area contributed by atoms with Crippen LogP contribution in [0.4, 0.5) is 0 Å². The Balaban J connectivity index is 2.00. The first-order valence-corrected chi connectivity index (χ1v) is 6.73. The first-order chi connectivity index (χ1) is 8.31.